The van der Waals surface area contributed by atoms with Gasteiger partial charge in [-0.1, -0.05) is 25.2 Å². The molecule has 9 heteroatoms. The van der Waals surface area contributed by atoms with Gasteiger partial charge >= 0.3 is 0 Å². The number of benzene rings is 2. The number of aromatic nitrogens is 1. The lowest BCUT2D eigenvalue weighted by molar-refractivity contribution is 0.0983. The monoisotopic (exact) mass is 507 g/mol. The second kappa shape index (κ2) is 13.4. The van der Waals surface area contributed by atoms with Gasteiger partial charge in [0.2, 0.25) is 0 Å². The third kappa shape index (κ3) is 6.52. The molecule has 1 aromatic heterocycles. The average Bonchev–Trinajstić information content (AvgIpc) is 3.25. The van der Waals surface area contributed by atoms with Crippen LogP contribution in [0.3, 0.4) is 0 Å². The Morgan fingerprint density at radius 2 is 1.65 bits per heavy atom. The molecular formula is C25H34ClN3O4S. The standard InChI is InChI=1S/C25H33N3O4S.ClH/c1-6-27(7-2)14-15-28(25-26-20-12-11-19(30-5)17-23(20)33-25)24(29)18-10-13-21(31-8-3)22(16-18)32-9-4;/h10-13,16-17H,6-9,14-15H2,1-5H3;1H. The molecule has 0 bridgehead atoms. The minimum Gasteiger partial charge on any atom is -0.497 e. The molecule has 7 nitrogen and oxygen atoms in total. The van der Waals surface area contributed by atoms with E-state index >= 15 is 0 Å². The van der Waals surface area contributed by atoms with Gasteiger partial charge in [0.1, 0.15) is 5.75 Å². The number of hydrogen-bond acceptors (Lipinski definition) is 7. The molecule has 0 aliphatic rings. The van der Waals surface area contributed by atoms with Crippen LogP contribution in [0.15, 0.2) is 36.4 Å². The van der Waals surface area contributed by atoms with Crippen molar-refractivity contribution in [1.29, 1.82) is 0 Å². The lowest BCUT2D eigenvalue weighted by atomic mass is 10.1. The van der Waals surface area contributed by atoms with Gasteiger partial charge in [-0.05, 0) is 63.3 Å². The molecule has 0 aliphatic heterocycles. The Morgan fingerprint density at radius 3 is 2.29 bits per heavy atom. The molecular weight excluding hydrogens is 474 g/mol. The van der Waals surface area contributed by atoms with E-state index in [1.54, 1.807) is 30.2 Å². The fourth-order valence-corrected chi connectivity index (χ4v) is 4.56. The Bertz CT molecular complexity index is 1070. The van der Waals surface area contributed by atoms with Crippen molar-refractivity contribution in [3.05, 3.63) is 42.0 Å². The summed E-state index contributed by atoms with van der Waals surface area (Å²) in [6, 6.07) is 11.1. The van der Waals surface area contributed by atoms with Gasteiger partial charge in [-0.15, -0.1) is 12.4 Å². The number of rotatable bonds is 12. The molecule has 0 atom stereocenters. The highest BCUT2D eigenvalue weighted by atomic mass is 35.5. The lowest BCUT2D eigenvalue weighted by Gasteiger charge is -2.25. The summed E-state index contributed by atoms with van der Waals surface area (Å²) in [6.07, 6.45) is 0. The van der Waals surface area contributed by atoms with Crippen molar-refractivity contribution in [1.82, 2.24) is 9.88 Å². The van der Waals surface area contributed by atoms with Crippen LogP contribution >= 0.6 is 23.7 Å². The molecule has 1 heterocycles. The number of carbonyl (C=O) groups is 1. The first-order valence-corrected chi connectivity index (χ1v) is 12.2. The molecule has 2 aromatic carbocycles. The fourth-order valence-electron chi connectivity index (χ4n) is 3.54. The molecule has 0 N–H and O–H groups in total. The minimum absolute atomic E-state index is 0. The summed E-state index contributed by atoms with van der Waals surface area (Å²) in [5.74, 6) is 1.87. The predicted molar refractivity (Wildman–Crippen MR) is 142 cm³/mol. The number of carbonyl (C=O) groups excluding carboxylic acids is 1. The highest BCUT2D eigenvalue weighted by Gasteiger charge is 2.23. The normalized spacial score (nSPS) is 10.8. The number of thiazole rings is 1. The third-order valence-electron chi connectivity index (χ3n) is 5.38. The maximum atomic E-state index is 13.7. The number of fused-ring (bicyclic) bond motifs is 1. The van der Waals surface area contributed by atoms with Crippen LogP contribution < -0.4 is 19.1 Å². The summed E-state index contributed by atoms with van der Waals surface area (Å²) in [5, 5.41) is 0.669. The maximum absolute atomic E-state index is 13.7. The number of amides is 1. The molecule has 0 unspecified atom stereocenters. The van der Waals surface area contributed by atoms with Crippen LogP contribution in [-0.2, 0) is 0 Å². The van der Waals surface area contributed by atoms with Gasteiger partial charge in [-0.25, -0.2) is 4.98 Å². The first-order valence-electron chi connectivity index (χ1n) is 11.4. The number of nitrogens with zero attached hydrogens (tertiary/aromatic N) is 3. The Morgan fingerprint density at radius 1 is 0.941 bits per heavy atom. The van der Waals surface area contributed by atoms with Crippen molar-refractivity contribution < 1.29 is 19.0 Å². The molecule has 186 valence electrons. The van der Waals surface area contributed by atoms with Crippen molar-refractivity contribution in [3.8, 4) is 17.2 Å². The highest BCUT2D eigenvalue weighted by Crippen LogP contribution is 2.34. The van der Waals surface area contributed by atoms with Gasteiger partial charge in [0.05, 0.1) is 30.5 Å². The topological polar surface area (TPSA) is 64.1 Å². The molecule has 0 fully saturated rings. The highest BCUT2D eigenvalue weighted by molar-refractivity contribution is 7.22. The van der Waals surface area contributed by atoms with Gasteiger partial charge in [0.15, 0.2) is 16.6 Å². The number of anilines is 1. The summed E-state index contributed by atoms with van der Waals surface area (Å²) >= 11 is 1.49. The molecule has 0 saturated heterocycles. The van der Waals surface area contributed by atoms with Crippen LogP contribution in [0.4, 0.5) is 5.13 Å². The quantitative estimate of drug-likeness (QED) is 0.322. The number of ether oxygens (including phenoxy) is 3. The van der Waals surface area contributed by atoms with E-state index in [-0.39, 0.29) is 18.3 Å². The van der Waals surface area contributed by atoms with E-state index in [1.807, 2.05) is 32.0 Å². The summed E-state index contributed by atoms with van der Waals surface area (Å²) in [7, 11) is 1.64. The van der Waals surface area contributed by atoms with Crippen LogP contribution in [0.1, 0.15) is 38.1 Å². The zero-order chi connectivity index (χ0) is 23.8. The van der Waals surface area contributed by atoms with Gasteiger partial charge in [0.25, 0.3) is 5.91 Å². The van der Waals surface area contributed by atoms with Gasteiger partial charge in [-0.3, -0.25) is 9.69 Å². The molecule has 0 spiro atoms. The number of hydrogen-bond donors (Lipinski definition) is 0. The Hall–Kier alpha value is -2.55. The van der Waals surface area contributed by atoms with Crippen molar-refractivity contribution in [2.45, 2.75) is 27.7 Å². The van der Waals surface area contributed by atoms with E-state index < -0.39 is 0 Å². The smallest absolute Gasteiger partial charge is 0.260 e. The Labute approximate surface area is 212 Å². The van der Waals surface area contributed by atoms with Crippen LogP contribution in [0, 0.1) is 0 Å². The Kier molecular flexibility index (Phi) is 10.9. The Balaban J connectivity index is 0.00000408. The molecule has 1 amide bonds. The zero-order valence-electron chi connectivity index (χ0n) is 20.5. The first-order chi connectivity index (χ1) is 16.0. The summed E-state index contributed by atoms with van der Waals surface area (Å²) in [5.41, 5.74) is 1.39. The van der Waals surface area contributed by atoms with Gasteiger partial charge in [-0.2, -0.15) is 0 Å². The minimum atomic E-state index is -0.114. The van der Waals surface area contributed by atoms with Crippen LogP contribution in [0.2, 0.25) is 0 Å². The largest absolute Gasteiger partial charge is 0.497 e. The van der Waals surface area contributed by atoms with Gasteiger partial charge in [0, 0.05) is 18.7 Å². The number of likely N-dealkylation sites (N-methyl/N-ethyl adjacent to an activating group) is 1. The van der Waals surface area contributed by atoms with E-state index in [2.05, 4.69) is 18.7 Å². The second-order valence-corrected chi connectivity index (χ2v) is 8.35. The van der Waals surface area contributed by atoms with Crippen LogP contribution in [-0.4, -0.2) is 62.3 Å². The predicted octanol–water partition coefficient (Wildman–Crippen LogP) is 5.51. The van der Waals surface area contributed by atoms with Gasteiger partial charge < -0.3 is 19.1 Å². The third-order valence-corrected chi connectivity index (χ3v) is 6.43. The van der Waals surface area contributed by atoms with E-state index in [9.17, 15) is 4.79 Å². The van der Waals surface area contributed by atoms with Crippen molar-refractivity contribution in [2.75, 3.05) is 51.4 Å². The number of halogens is 1. The maximum Gasteiger partial charge on any atom is 0.260 e. The molecule has 3 aromatic rings. The van der Waals surface area contributed by atoms with E-state index in [4.69, 9.17) is 19.2 Å². The molecule has 0 aliphatic carbocycles. The van der Waals surface area contributed by atoms with Crippen molar-refractivity contribution >= 4 is 45.0 Å². The lowest BCUT2D eigenvalue weighted by Crippen LogP contribution is -2.38. The summed E-state index contributed by atoms with van der Waals surface area (Å²) in [6.45, 7) is 12.2. The summed E-state index contributed by atoms with van der Waals surface area (Å²) in [4.78, 5) is 22.5. The zero-order valence-corrected chi connectivity index (χ0v) is 22.1. The molecule has 34 heavy (non-hydrogen) atoms. The second-order valence-electron chi connectivity index (χ2n) is 7.34. The SMILES string of the molecule is CCOc1ccc(C(=O)N(CCN(CC)CC)c2nc3ccc(OC)cc3s2)cc1OCC.Cl. The van der Waals surface area contributed by atoms with E-state index in [0.717, 1.165) is 35.6 Å². The van der Waals surface area contributed by atoms with Crippen LogP contribution in [0.5, 0.6) is 17.2 Å². The van der Waals surface area contributed by atoms with E-state index in [1.165, 1.54) is 11.3 Å². The molecule has 0 radical (unpaired) electrons. The molecule has 3 rings (SSSR count). The number of methoxy groups -OCH3 is 1. The first kappa shape index (κ1) is 27.7. The van der Waals surface area contributed by atoms with Crippen molar-refractivity contribution in [3.63, 3.8) is 0 Å². The fraction of sp³-hybridized carbons (Fsp3) is 0.440. The summed E-state index contributed by atoms with van der Waals surface area (Å²) < 4.78 is 17.7. The average molecular weight is 508 g/mol. The van der Waals surface area contributed by atoms with Crippen LogP contribution in [0.25, 0.3) is 10.2 Å². The van der Waals surface area contributed by atoms with E-state index in [0.29, 0.717) is 42.0 Å². The molecule has 0 saturated carbocycles. The van der Waals surface area contributed by atoms with Crippen molar-refractivity contribution in [2.24, 2.45) is 0 Å².